The molecule has 2 amide bonds. The molecule has 0 radical (unpaired) electrons. The van der Waals surface area contributed by atoms with Crippen molar-refractivity contribution in [1.29, 1.82) is 0 Å². The Morgan fingerprint density at radius 1 is 1.03 bits per heavy atom. The highest BCUT2D eigenvalue weighted by Gasteiger charge is 2.60. The van der Waals surface area contributed by atoms with Gasteiger partial charge in [0.2, 0.25) is 11.8 Å². The van der Waals surface area contributed by atoms with Gasteiger partial charge in [-0.25, -0.2) is 0 Å². The van der Waals surface area contributed by atoms with Crippen LogP contribution in [0.25, 0.3) is 0 Å². The Kier molecular flexibility index (Phi) is 5.44. The highest BCUT2D eigenvalue weighted by Crippen LogP contribution is 2.60. The predicted molar refractivity (Wildman–Crippen MR) is 123 cm³/mol. The van der Waals surface area contributed by atoms with E-state index in [4.69, 9.17) is 4.74 Å². The Bertz CT molecular complexity index is 991. The molecule has 0 aromatic heterocycles. The van der Waals surface area contributed by atoms with E-state index in [9.17, 15) is 9.59 Å². The van der Waals surface area contributed by atoms with Crippen LogP contribution < -0.4 is 10.1 Å². The smallest absolute Gasteiger partial charge is 0.233 e. The Hall–Kier alpha value is -2.82. The van der Waals surface area contributed by atoms with Gasteiger partial charge in [0.25, 0.3) is 0 Å². The molecule has 1 unspecified atom stereocenters. The minimum absolute atomic E-state index is 0.106. The number of piperidine rings is 1. The van der Waals surface area contributed by atoms with E-state index in [-0.39, 0.29) is 22.7 Å². The molecule has 2 aliphatic carbocycles. The van der Waals surface area contributed by atoms with E-state index >= 15 is 0 Å². The predicted octanol–water partition coefficient (Wildman–Crippen LogP) is 3.71. The number of hydrogen-bond donors (Lipinski definition) is 1. The molecule has 3 fully saturated rings. The van der Waals surface area contributed by atoms with Crippen molar-refractivity contribution >= 4 is 11.8 Å². The lowest BCUT2D eigenvalue weighted by Gasteiger charge is -2.35. The van der Waals surface area contributed by atoms with Crippen molar-refractivity contribution in [2.24, 2.45) is 11.3 Å². The van der Waals surface area contributed by atoms with Crippen molar-refractivity contribution in [2.75, 3.05) is 26.7 Å². The molecule has 1 heterocycles. The van der Waals surface area contributed by atoms with E-state index in [0.717, 1.165) is 68.5 Å². The Morgan fingerprint density at radius 2 is 1.78 bits per heavy atom. The largest absolute Gasteiger partial charge is 0.497 e. The van der Waals surface area contributed by atoms with E-state index in [1.807, 2.05) is 36.4 Å². The van der Waals surface area contributed by atoms with Crippen molar-refractivity contribution in [3.05, 3.63) is 65.7 Å². The van der Waals surface area contributed by atoms with Crippen LogP contribution in [-0.2, 0) is 21.4 Å². The van der Waals surface area contributed by atoms with Gasteiger partial charge in [0.15, 0.2) is 0 Å². The van der Waals surface area contributed by atoms with Gasteiger partial charge in [-0.1, -0.05) is 42.5 Å². The Labute approximate surface area is 190 Å². The number of likely N-dealkylation sites (tertiary alicyclic amines) is 1. The average molecular weight is 433 g/mol. The first-order chi connectivity index (χ1) is 15.6. The topological polar surface area (TPSA) is 58.6 Å². The van der Waals surface area contributed by atoms with Crippen molar-refractivity contribution < 1.29 is 14.3 Å². The molecule has 5 nitrogen and oxygen atoms in total. The average Bonchev–Trinajstić information content (AvgIpc) is 3.76. The number of ether oxygens (including phenoxy) is 1. The number of methoxy groups -OCH3 is 1. The first-order valence-electron chi connectivity index (χ1n) is 11.8. The fraction of sp³-hybridized carbons (Fsp3) is 0.481. The highest BCUT2D eigenvalue weighted by atomic mass is 16.5. The van der Waals surface area contributed by atoms with Crippen molar-refractivity contribution in [2.45, 2.75) is 43.9 Å². The molecule has 5 rings (SSSR count). The molecule has 0 bridgehead atoms. The van der Waals surface area contributed by atoms with Crippen LogP contribution in [0.4, 0.5) is 0 Å². The molecule has 168 valence electrons. The van der Waals surface area contributed by atoms with Gasteiger partial charge in [-0.05, 0) is 67.2 Å². The van der Waals surface area contributed by atoms with Crippen LogP contribution in [-0.4, -0.2) is 43.5 Å². The minimum Gasteiger partial charge on any atom is -0.497 e. The number of rotatable bonds is 7. The molecule has 2 aromatic rings. The van der Waals surface area contributed by atoms with Crippen molar-refractivity contribution in [3.63, 3.8) is 0 Å². The maximum atomic E-state index is 13.3. The van der Waals surface area contributed by atoms with E-state index in [0.29, 0.717) is 12.5 Å². The van der Waals surface area contributed by atoms with E-state index in [2.05, 4.69) is 28.4 Å². The van der Waals surface area contributed by atoms with E-state index < -0.39 is 0 Å². The summed E-state index contributed by atoms with van der Waals surface area (Å²) in [5, 5.41) is 3.13. The van der Waals surface area contributed by atoms with Crippen LogP contribution in [0, 0.1) is 11.3 Å². The number of carbonyl (C=O) groups is 2. The van der Waals surface area contributed by atoms with Crippen LogP contribution >= 0.6 is 0 Å². The lowest BCUT2D eigenvalue weighted by atomic mass is 9.88. The SMILES string of the molecule is COc1cccc(CCNC(=O)C2CC23CCN(C(=O)C2(c4ccccc4)CC2)CC3)c1. The number of nitrogens with one attached hydrogen (secondary N) is 1. The molecule has 1 spiro atoms. The highest BCUT2D eigenvalue weighted by molar-refractivity contribution is 5.91. The second-order valence-electron chi connectivity index (χ2n) is 9.75. The number of hydrogen-bond acceptors (Lipinski definition) is 3. The van der Waals surface area contributed by atoms with Crippen LogP contribution in [0.5, 0.6) is 5.75 Å². The summed E-state index contributed by atoms with van der Waals surface area (Å²) in [5.41, 5.74) is 2.14. The normalized spacial score (nSPS) is 22.3. The van der Waals surface area contributed by atoms with Gasteiger partial charge in [0, 0.05) is 25.6 Å². The molecule has 5 heteroatoms. The minimum atomic E-state index is -0.286. The summed E-state index contributed by atoms with van der Waals surface area (Å²) in [6.07, 6.45) is 5.55. The summed E-state index contributed by atoms with van der Waals surface area (Å²) in [6.45, 7) is 2.20. The fourth-order valence-corrected chi connectivity index (χ4v) is 5.52. The molecule has 1 N–H and O–H groups in total. The molecule has 32 heavy (non-hydrogen) atoms. The molecular weight excluding hydrogens is 400 g/mol. The first-order valence-corrected chi connectivity index (χ1v) is 11.8. The van der Waals surface area contributed by atoms with Crippen molar-refractivity contribution in [1.82, 2.24) is 10.2 Å². The third-order valence-electron chi connectivity index (χ3n) is 7.89. The van der Waals surface area contributed by atoms with Crippen LogP contribution in [0.15, 0.2) is 54.6 Å². The number of benzene rings is 2. The van der Waals surface area contributed by atoms with E-state index in [1.165, 1.54) is 0 Å². The summed E-state index contributed by atoms with van der Waals surface area (Å²) in [4.78, 5) is 28.1. The summed E-state index contributed by atoms with van der Waals surface area (Å²) >= 11 is 0. The van der Waals surface area contributed by atoms with Gasteiger partial charge in [-0.2, -0.15) is 0 Å². The van der Waals surface area contributed by atoms with Crippen LogP contribution in [0.3, 0.4) is 0 Å². The number of amides is 2. The maximum absolute atomic E-state index is 13.3. The second-order valence-corrected chi connectivity index (χ2v) is 9.75. The van der Waals surface area contributed by atoms with Crippen molar-refractivity contribution in [3.8, 4) is 5.75 Å². The zero-order valence-electron chi connectivity index (χ0n) is 18.8. The number of nitrogens with zero attached hydrogens (tertiary/aromatic N) is 1. The zero-order chi connectivity index (χ0) is 22.2. The summed E-state index contributed by atoms with van der Waals surface area (Å²) in [5.74, 6) is 1.42. The summed E-state index contributed by atoms with van der Waals surface area (Å²) in [7, 11) is 1.67. The molecule has 3 aliphatic rings. The standard InChI is InChI=1S/C27H32N2O3/c1-32-22-9-5-6-20(18-22)10-15-28-24(30)23-19-26(23)13-16-29(17-14-26)25(31)27(11-12-27)21-7-3-2-4-8-21/h2-9,18,23H,10-17,19H2,1H3,(H,28,30). The molecular formula is C27H32N2O3. The monoisotopic (exact) mass is 432 g/mol. The third kappa shape index (κ3) is 3.89. The lowest BCUT2D eigenvalue weighted by Crippen LogP contribution is -2.45. The quantitative estimate of drug-likeness (QED) is 0.726. The lowest BCUT2D eigenvalue weighted by molar-refractivity contribution is -0.135. The molecule has 1 aliphatic heterocycles. The number of carbonyl (C=O) groups excluding carboxylic acids is 2. The fourth-order valence-electron chi connectivity index (χ4n) is 5.52. The van der Waals surface area contributed by atoms with Gasteiger partial charge >= 0.3 is 0 Å². The van der Waals surface area contributed by atoms with Gasteiger partial charge in [-0.15, -0.1) is 0 Å². The maximum Gasteiger partial charge on any atom is 0.233 e. The van der Waals surface area contributed by atoms with E-state index in [1.54, 1.807) is 7.11 Å². The molecule has 1 atom stereocenters. The van der Waals surface area contributed by atoms with Crippen LogP contribution in [0.1, 0.15) is 43.2 Å². The molecule has 2 aromatic carbocycles. The summed E-state index contributed by atoms with van der Waals surface area (Å²) in [6, 6.07) is 18.2. The zero-order valence-corrected chi connectivity index (χ0v) is 18.8. The first kappa shape index (κ1) is 21.0. The Morgan fingerprint density at radius 3 is 2.47 bits per heavy atom. The molecule has 2 saturated carbocycles. The summed E-state index contributed by atoms with van der Waals surface area (Å²) < 4.78 is 5.27. The Balaban J connectivity index is 1.10. The van der Waals surface area contributed by atoms with Gasteiger partial charge in [0.05, 0.1) is 12.5 Å². The van der Waals surface area contributed by atoms with Gasteiger partial charge in [0.1, 0.15) is 5.75 Å². The second kappa shape index (κ2) is 8.27. The van der Waals surface area contributed by atoms with Gasteiger partial charge in [-0.3, -0.25) is 9.59 Å². The van der Waals surface area contributed by atoms with Gasteiger partial charge < -0.3 is 15.0 Å². The molecule has 1 saturated heterocycles. The van der Waals surface area contributed by atoms with Crippen LogP contribution in [0.2, 0.25) is 0 Å². The third-order valence-corrected chi connectivity index (χ3v) is 7.89.